The largest absolute Gasteiger partial charge is 0.771 e. The van der Waals surface area contributed by atoms with Crippen molar-refractivity contribution in [1.82, 2.24) is 5.32 Å². The fourth-order valence-electron chi connectivity index (χ4n) is 0.161. The van der Waals surface area contributed by atoms with Gasteiger partial charge in [0, 0.05) is 6.92 Å². The molecule has 48 valence electrons. The van der Waals surface area contributed by atoms with E-state index in [9.17, 15) is 13.6 Å². The zero-order valence-corrected chi connectivity index (χ0v) is 5.16. The Morgan fingerprint density at radius 2 is 2.38 bits per heavy atom. The second-order valence-corrected chi connectivity index (χ2v) is 2.08. The number of rotatable bonds is 2. The van der Waals surface area contributed by atoms with Crippen LogP contribution < -0.4 is 5.32 Å². The van der Waals surface area contributed by atoms with Crippen molar-refractivity contribution < 1.29 is 13.6 Å². The number of amides is 1. The van der Waals surface area contributed by atoms with E-state index in [1.807, 2.05) is 0 Å². The summed E-state index contributed by atoms with van der Waals surface area (Å²) in [7, 11) is 0. The molecule has 0 aliphatic carbocycles. The minimum Gasteiger partial charge on any atom is -0.771 e. The number of hydrogen-bond acceptors (Lipinski definition) is 3. The van der Waals surface area contributed by atoms with Crippen LogP contribution in [0.5, 0.6) is 0 Å². The highest BCUT2D eigenvalue weighted by molar-refractivity contribution is 7.79. The summed E-state index contributed by atoms with van der Waals surface area (Å²) in [5.41, 5.74) is 0. The maximum atomic E-state index is 9.96. The van der Waals surface area contributed by atoms with Gasteiger partial charge in [-0.2, -0.15) is 0 Å². The average Bonchev–Trinajstić information content (AvgIpc) is 1.61. The number of nitrogens with one attached hydrogen (secondary N) is 1. The highest BCUT2D eigenvalue weighted by atomic mass is 32.2. The van der Waals surface area contributed by atoms with Crippen LogP contribution in [0.25, 0.3) is 0 Å². The Bertz CT molecular complexity index is 99.1. The van der Waals surface area contributed by atoms with E-state index in [0.29, 0.717) is 0 Å². The maximum absolute atomic E-state index is 9.96. The van der Waals surface area contributed by atoms with Gasteiger partial charge in [-0.1, -0.05) is 0 Å². The minimum atomic E-state index is -2.17. The molecule has 0 aliphatic heterocycles. The lowest BCUT2D eigenvalue weighted by Gasteiger charge is -2.02. The van der Waals surface area contributed by atoms with Gasteiger partial charge in [-0.25, -0.2) is 0 Å². The molecule has 8 heavy (non-hydrogen) atoms. The van der Waals surface area contributed by atoms with Gasteiger partial charge in [0.1, 0.15) is 0 Å². The summed E-state index contributed by atoms with van der Waals surface area (Å²) in [5, 5.41) is 2.09. The number of carbonyl (C=O) groups is 1. The van der Waals surface area contributed by atoms with E-state index in [-0.39, 0.29) is 11.8 Å². The fourth-order valence-corrected chi connectivity index (χ4v) is 0.482. The lowest BCUT2D eigenvalue weighted by Crippen LogP contribution is -2.23. The first kappa shape index (κ1) is 7.58. The summed E-state index contributed by atoms with van der Waals surface area (Å²) < 4.78 is 19.4. The van der Waals surface area contributed by atoms with Crippen molar-refractivity contribution in [2.24, 2.45) is 0 Å². The van der Waals surface area contributed by atoms with Gasteiger partial charge in [-0.15, -0.1) is 0 Å². The molecule has 1 amide bonds. The van der Waals surface area contributed by atoms with E-state index in [1.54, 1.807) is 0 Å². The van der Waals surface area contributed by atoms with Gasteiger partial charge in [0.2, 0.25) is 5.91 Å². The van der Waals surface area contributed by atoms with Crippen LogP contribution in [0.1, 0.15) is 6.92 Å². The van der Waals surface area contributed by atoms with Crippen molar-refractivity contribution in [1.29, 1.82) is 0 Å². The average molecular weight is 136 g/mol. The van der Waals surface area contributed by atoms with Gasteiger partial charge in [-0.05, 0) is 11.1 Å². The normalized spacial score (nSPS) is 12.8. The van der Waals surface area contributed by atoms with Gasteiger partial charge in [-0.3, -0.25) is 9.00 Å². The van der Waals surface area contributed by atoms with Crippen LogP contribution in [-0.2, 0) is 15.9 Å². The van der Waals surface area contributed by atoms with Gasteiger partial charge in [0.15, 0.2) is 0 Å². The molecule has 0 radical (unpaired) electrons. The van der Waals surface area contributed by atoms with Crippen molar-refractivity contribution in [2.75, 3.05) is 5.88 Å². The van der Waals surface area contributed by atoms with E-state index >= 15 is 0 Å². The summed E-state index contributed by atoms with van der Waals surface area (Å²) >= 11 is -2.17. The maximum Gasteiger partial charge on any atom is 0.217 e. The van der Waals surface area contributed by atoms with E-state index in [4.69, 9.17) is 0 Å². The molecule has 1 N–H and O–H groups in total. The molecule has 0 aromatic carbocycles. The van der Waals surface area contributed by atoms with Crippen molar-refractivity contribution >= 4 is 17.0 Å². The molecule has 0 aliphatic rings. The predicted octanol–water partition coefficient (Wildman–Crippen LogP) is -1.04. The van der Waals surface area contributed by atoms with Crippen LogP contribution in [-0.4, -0.2) is 20.5 Å². The van der Waals surface area contributed by atoms with Crippen LogP contribution in [0, 0.1) is 0 Å². The summed E-state index contributed by atoms with van der Waals surface area (Å²) in [6.07, 6.45) is 0. The van der Waals surface area contributed by atoms with E-state index in [1.165, 1.54) is 6.92 Å². The van der Waals surface area contributed by atoms with Gasteiger partial charge in [0.05, 0.1) is 5.88 Å². The Kier molecular flexibility index (Phi) is 3.38. The fraction of sp³-hybridized carbons (Fsp3) is 0.667. The molecular formula is C3H6NO3S-. The molecular weight excluding hydrogens is 130 g/mol. The lowest BCUT2D eigenvalue weighted by molar-refractivity contribution is -0.118. The molecule has 0 saturated heterocycles. The Morgan fingerprint density at radius 3 is 2.50 bits per heavy atom. The summed E-state index contributed by atoms with van der Waals surface area (Å²) in [4.78, 5) is 9.96. The Labute approximate surface area is 49.6 Å². The lowest BCUT2D eigenvalue weighted by atomic mass is 10.7. The van der Waals surface area contributed by atoms with Gasteiger partial charge in [0.25, 0.3) is 0 Å². The van der Waals surface area contributed by atoms with E-state index in [2.05, 4.69) is 5.32 Å². The molecule has 4 nitrogen and oxygen atoms in total. The summed E-state index contributed by atoms with van der Waals surface area (Å²) in [6, 6.07) is 0. The standard InChI is InChI=1S/C3H7NO3S/c1-3(5)4-2-8(6)7/h2H2,1H3,(H,4,5)(H,6,7)/p-1. The van der Waals surface area contributed by atoms with Crippen molar-refractivity contribution in [3.05, 3.63) is 0 Å². The van der Waals surface area contributed by atoms with Crippen molar-refractivity contribution in [2.45, 2.75) is 6.92 Å². The Hall–Kier alpha value is -0.420. The van der Waals surface area contributed by atoms with Gasteiger partial charge >= 0.3 is 0 Å². The second-order valence-electron chi connectivity index (χ2n) is 1.18. The first-order valence-corrected chi connectivity index (χ1v) is 3.17. The summed E-state index contributed by atoms with van der Waals surface area (Å²) in [6.45, 7) is 1.26. The zero-order valence-electron chi connectivity index (χ0n) is 4.34. The SMILES string of the molecule is CC(=O)NCS(=O)[O-]. The molecule has 1 atom stereocenters. The van der Waals surface area contributed by atoms with Crippen LogP contribution in [0.15, 0.2) is 0 Å². The molecule has 0 heterocycles. The van der Waals surface area contributed by atoms with Crippen LogP contribution >= 0.6 is 0 Å². The molecule has 1 unspecified atom stereocenters. The molecule has 0 fully saturated rings. The molecule has 0 rings (SSSR count). The quantitative estimate of drug-likeness (QED) is 0.493. The third-order valence-corrected chi connectivity index (χ3v) is 0.819. The van der Waals surface area contributed by atoms with Gasteiger partial charge < -0.3 is 9.87 Å². The Balaban J connectivity index is 3.18. The van der Waals surface area contributed by atoms with E-state index < -0.39 is 11.1 Å². The van der Waals surface area contributed by atoms with Crippen molar-refractivity contribution in [3.8, 4) is 0 Å². The minimum absolute atomic E-state index is 0.296. The molecule has 0 bridgehead atoms. The molecule has 5 heteroatoms. The predicted molar refractivity (Wildman–Crippen MR) is 27.6 cm³/mol. The molecule has 0 aromatic heterocycles. The molecule has 0 spiro atoms. The molecule has 0 aromatic rings. The number of carbonyl (C=O) groups excluding carboxylic acids is 1. The van der Waals surface area contributed by atoms with Crippen LogP contribution in [0.2, 0.25) is 0 Å². The zero-order chi connectivity index (χ0) is 6.57. The highest BCUT2D eigenvalue weighted by Crippen LogP contribution is 1.66. The van der Waals surface area contributed by atoms with E-state index in [0.717, 1.165) is 0 Å². The first-order valence-electron chi connectivity index (χ1n) is 1.93. The van der Waals surface area contributed by atoms with Crippen LogP contribution in [0.4, 0.5) is 0 Å². The second kappa shape index (κ2) is 3.57. The molecule has 0 saturated carbocycles. The van der Waals surface area contributed by atoms with Crippen molar-refractivity contribution in [3.63, 3.8) is 0 Å². The smallest absolute Gasteiger partial charge is 0.217 e. The summed E-state index contributed by atoms with van der Waals surface area (Å²) in [5.74, 6) is -0.635. The number of hydrogen-bond donors (Lipinski definition) is 1. The third kappa shape index (κ3) is 5.58. The monoisotopic (exact) mass is 136 g/mol. The first-order chi connectivity index (χ1) is 3.63. The Morgan fingerprint density at radius 1 is 1.88 bits per heavy atom. The highest BCUT2D eigenvalue weighted by Gasteiger charge is 1.85. The third-order valence-electron chi connectivity index (χ3n) is 0.439. The van der Waals surface area contributed by atoms with Crippen LogP contribution in [0.3, 0.4) is 0 Å². The topological polar surface area (TPSA) is 69.2 Å².